The standard InChI is InChI=1S/C13H16F2N2O3/c1-13(2,12(19)17(3)20-4)16-11(18)10-8(14)6-5-7-9(10)15/h5-7H,1-4H3,(H,16,18). The Morgan fingerprint density at radius 2 is 1.75 bits per heavy atom. The van der Waals surface area contributed by atoms with E-state index in [0.717, 1.165) is 23.3 Å². The SMILES string of the molecule is CON(C)C(=O)C(C)(C)NC(=O)c1c(F)cccc1F. The molecule has 0 saturated heterocycles. The van der Waals surface area contributed by atoms with Gasteiger partial charge in [-0.25, -0.2) is 13.8 Å². The van der Waals surface area contributed by atoms with Crippen LogP contribution in [0.4, 0.5) is 8.78 Å². The van der Waals surface area contributed by atoms with E-state index < -0.39 is 34.6 Å². The molecule has 110 valence electrons. The van der Waals surface area contributed by atoms with Gasteiger partial charge in [-0.15, -0.1) is 0 Å². The van der Waals surface area contributed by atoms with Gasteiger partial charge in [-0.2, -0.15) is 0 Å². The fourth-order valence-corrected chi connectivity index (χ4v) is 1.59. The first-order valence-electron chi connectivity index (χ1n) is 5.79. The van der Waals surface area contributed by atoms with E-state index in [1.54, 1.807) is 0 Å². The van der Waals surface area contributed by atoms with Gasteiger partial charge in [-0.05, 0) is 26.0 Å². The number of nitrogens with one attached hydrogen (secondary N) is 1. The van der Waals surface area contributed by atoms with Crippen LogP contribution in [0.15, 0.2) is 18.2 Å². The van der Waals surface area contributed by atoms with Crippen molar-refractivity contribution in [2.45, 2.75) is 19.4 Å². The molecule has 0 aliphatic rings. The summed E-state index contributed by atoms with van der Waals surface area (Å²) in [5, 5.41) is 3.19. The third-order valence-electron chi connectivity index (χ3n) is 2.71. The highest BCUT2D eigenvalue weighted by Gasteiger charge is 2.34. The van der Waals surface area contributed by atoms with Crippen molar-refractivity contribution < 1.29 is 23.2 Å². The lowest BCUT2D eigenvalue weighted by Crippen LogP contribution is -2.55. The monoisotopic (exact) mass is 286 g/mol. The number of hydroxylamine groups is 2. The van der Waals surface area contributed by atoms with Crippen LogP contribution >= 0.6 is 0 Å². The van der Waals surface area contributed by atoms with Gasteiger partial charge in [0.25, 0.3) is 11.8 Å². The van der Waals surface area contributed by atoms with Crippen molar-refractivity contribution in [3.05, 3.63) is 35.4 Å². The molecule has 1 aromatic carbocycles. The maximum absolute atomic E-state index is 13.5. The molecule has 1 N–H and O–H groups in total. The largest absolute Gasteiger partial charge is 0.338 e. The zero-order chi connectivity index (χ0) is 15.5. The molecule has 0 aliphatic heterocycles. The van der Waals surface area contributed by atoms with Crippen LogP contribution in [0, 0.1) is 11.6 Å². The molecule has 0 unspecified atom stereocenters. The molecule has 0 heterocycles. The molecule has 20 heavy (non-hydrogen) atoms. The predicted molar refractivity (Wildman–Crippen MR) is 67.7 cm³/mol. The molecule has 0 aliphatic carbocycles. The first-order chi connectivity index (χ1) is 9.20. The van der Waals surface area contributed by atoms with Crippen molar-refractivity contribution in [3.63, 3.8) is 0 Å². The maximum atomic E-state index is 13.5. The van der Waals surface area contributed by atoms with E-state index in [-0.39, 0.29) is 0 Å². The van der Waals surface area contributed by atoms with Crippen molar-refractivity contribution in [3.8, 4) is 0 Å². The summed E-state index contributed by atoms with van der Waals surface area (Å²) in [6.45, 7) is 2.81. The fourth-order valence-electron chi connectivity index (χ4n) is 1.59. The Bertz CT molecular complexity index is 512. The van der Waals surface area contributed by atoms with Crippen molar-refractivity contribution in [2.75, 3.05) is 14.2 Å². The quantitative estimate of drug-likeness (QED) is 0.853. The minimum Gasteiger partial charge on any atom is -0.338 e. The number of carbonyl (C=O) groups excluding carboxylic acids is 2. The van der Waals surface area contributed by atoms with E-state index in [9.17, 15) is 18.4 Å². The Morgan fingerprint density at radius 3 is 2.20 bits per heavy atom. The smallest absolute Gasteiger partial charge is 0.270 e. The number of likely N-dealkylation sites (N-methyl/N-ethyl adjacent to an activating group) is 1. The number of carbonyl (C=O) groups is 2. The lowest BCUT2D eigenvalue weighted by molar-refractivity contribution is -0.174. The van der Waals surface area contributed by atoms with Crippen LogP contribution in [-0.2, 0) is 9.63 Å². The summed E-state index contributed by atoms with van der Waals surface area (Å²) in [6, 6.07) is 3.08. The first kappa shape index (κ1) is 16.0. The highest BCUT2D eigenvalue weighted by molar-refractivity contribution is 5.99. The Morgan fingerprint density at radius 1 is 1.25 bits per heavy atom. The van der Waals surface area contributed by atoms with Crippen molar-refractivity contribution in [1.29, 1.82) is 0 Å². The zero-order valence-electron chi connectivity index (χ0n) is 11.7. The fraction of sp³-hybridized carbons (Fsp3) is 0.385. The number of amides is 2. The number of halogens is 2. The third kappa shape index (κ3) is 3.30. The van der Waals surface area contributed by atoms with E-state index in [1.807, 2.05) is 0 Å². The molecule has 0 fully saturated rings. The second-order valence-electron chi connectivity index (χ2n) is 4.66. The molecule has 2 amide bonds. The van der Waals surface area contributed by atoms with E-state index in [1.165, 1.54) is 28.0 Å². The highest BCUT2D eigenvalue weighted by Crippen LogP contribution is 2.14. The van der Waals surface area contributed by atoms with E-state index >= 15 is 0 Å². The number of hydrogen-bond donors (Lipinski definition) is 1. The molecule has 0 bridgehead atoms. The van der Waals surface area contributed by atoms with Crippen molar-refractivity contribution >= 4 is 11.8 Å². The Hall–Kier alpha value is -2.02. The summed E-state index contributed by atoms with van der Waals surface area (Å²) in [7, 11) is 2.65. The van der Waals surface area contributed by atoms with Crippen molar-refractivity contribution in [1.82, 2.24) is 10.4 Å². The van der Waals surface area contributed by atoms with Gasteiger partial charge in [-0.3, -0.25) is 14.4 Å². The van der Waals surface area contributed by atoms with Crippen LogP contribution in [0.1, 0.15) is 24.2 Å². The lowest BCUT2D eigenvalue weighted by Gasteiger charge is -2.28. The second-order valence-corrected chi connectivity index (χ2v) is 4.66. The molecule has 0 aromatic heterocycles. The summed E-state index contributed by atoms with van der Waals surface area (Å²) in [4.78, 5) is 28.6. The number of nitrogens with zero attached hydrogens (tertiary/aromatic N) is 1. The average molecular weight is 286 g/mol. The molecular weight excluding hydrogens is 270 g/mol. The van der Waals surface area contributed by atoms with E-state index in [0.29, 0.717) is 0 Å². The average Bonchev–Trinajstić information content (AvgIpc) is 2.36. The normalized spacial score (nSPS) is 11.1. The van der Waals surface area contributed by atoms with Gasteiger partial charge in [0.2, 0.25) is 0 Å². The number of hydrogen-bond acceptors (Lipinski definition) is 3. The van der Waals surface area contributed by atoms with Crippen LogP contribution in [0.5, 0.6) is 0 Å². The van der Waals surface area contributed by atoms with Crippen LogP contribution in [0.2, 0.25) is 0 Å². The van der Waals surface area contributed by atoms with Gasteiger partial charge in [0.1, 0.15) is 22.7 Å². The van der Waals surface area contributed by atoms with Gasteiger partial charge >= 0.3 is 0 Å². The van der Waals surface area contributed by atoms with E-state index in [4.69, 9.17) is 4.84 Å². The summed E-state index contributed by atoms with van der Waals surface area (Å²) < 4.78 is 27.0. The highest BCUT2D eigenvalue weighted by atomic mass is 19.1. The molecule has 1 aromatic rings. The van der Waals surface area contributed by atoms with Crippen LogP contribution < -0.4 is 5.32 Å². The lowest BCUT2D eigenvalue weighted by atomic mass is 10.0. The molecule has 5 nitrogen and oxygen atoms in total. The first-order valence-corrected chi connectivity index (χ1v) is 5.79. The molecule has 0 radical (unpaired) electrons. The molecular formula is C13H16F2N2O3. The molecule has 0 saturated carbocycles. The predicted octanol–water partition coefficient (Wildman–Crippen LogP) is 1.49. The van der Waals surface area contributed by atoms with Crippen LogP contribution in [0.3, 0.4) is 0 Å². The van der Waals surface area contributed by atoms with Gasteiger partial charge in [0.05, 0.1) is 7.11 Å². The van der Waals surface area contributed by atoms with Gasteiger partial charge < -0.3 is 5.32 Å². The summed E-state index contributed by atoms with van der Waals surface area (Å²) in [5.41, 5.74) is -2.11. The van der Waals surface area contributed by atoms with Gasteiger partial charge in [-0.1, -0.05) is 6.07 Å². The van der Waals surface area contributed by atoms with Gasteiger partial charge in [0, 0.05) is 7.05 Å². The summed E-state index contributed by atoms with van der Waals surface area (Å²) >= 11 is 0. The van der Waals surface area contributed by atoms with E-state index in [2.05, 4.69) is 5.32 Å². The summed E-state index contributed by atoms with van der Waals surface area (Å²) in [5.74, 6) is -3.56. The summed E-state index contributed by atoms with van der Waals surface area (Å²) in [6.07, 6.45) is 0. The second kappa shape index (κ2) is 5.96. The Balaban J connectivity index is 2.98. The minimum atomic E-state index is -1.38. The molecule has 1 rings (SSSR count). The Kier molecular flexibility index (Phi) is 4.78. The number of rotatable bonds is 4. The van der Waals surface area contributed by atoms with Crippen molar-refractivity contribution in [2.24, 2.45) is 0 Å². The maximum Gasteiger partial charge on any atom is 0.270 e. The van der Waals surface area contributed by atoms with Gasteiger partial charge in [0.15, 0.2) is 0 Å². The molecule has 7 heteroatoms. The Labute approximate surface area is 115 Å². The van der Waals surface area contributed by atoms with Crippen LogP contribution in [0.25, 0.3) is 0 Å². The van der Waals surface area contributed by atoms with Crippen LogP contribution in [-0.4, -0.2) is 36.6 Å². The number of benzene rings is 1. The zero-order valence-corrected chi connectivity index (χ0v) is 11.7. The minimum absolute atomic E-state index is 0.565. The topological polar surface area (TPSA) is 58.6 Å². The molecule has 0 atom stereocenters. The molecule has 0 spiro atoms. The third-order valence-corrected chi connectivity index (χ3v) is 2.71.